The van der Waals surface area contributed by atoms with E-state index in [4.69, 9.17) is 0 Å². The fourth-order valence-corrected chi connectivity index (χ4v) is 8.49. The molecule has 0 amide bonds. The number of hydrogen-bond donors (Lipinski definition) is 0. The van der Waals surface area contributed by atoms with Gasteiger partial charge in [0.1, 0.15) is 0 Å². The lowest BCUT2D eigenvalue weighted by atomic mass is 10.1. The molecule has 0 aliphatic heterocycles. The van der Waals surface area contributed by atoms with Crippen LogP contribution in [0.5, 0.6) is 0 Å². The van der Waals surface area contributed by atoms with Crippen molar-refractivity contribution in [3.05, 3.63) is 242 Å². The molecule has 0 saturated heterocycles. The lowest BCUT2D eigenvalue weighted by Crippen LogP contribution is -2.10. The summed E-state index contributed by atoms with van der Waals surface area (Å²) in [5.74, 6) is 0. The minimum Gasteiger partial charge on any atom is -0.311 e. The Labute approximate surface area is 352 Å². The van der Waals surface area contributed by atoms with E-state index in [2.05, 4.69) is 264 Å². The molecule has 10 aromatic rings. The molecule has 0 spiro atoms. The van der Waals surface area contributed by atoms with Crippen LogP contribution in [0, 0.1) is 13.8 Å². The van der Waals surface area contributed by atoms with Crippen molar-refractivity contribution in [1.82, 2.24) is 4.57 Å². The van der Waals surface area contributed by atoms with Crippen molar-refractivity contribution in [2.75, 3.05) is 14.7 Å². The molecular weight excluding hydrogens is 729 g/mol. The summed E-state index contributed by atoms with van der Waals surface area (Å²) < 4.78 is 2.44. The molecule has 9 aromatic carbocycles. The average Bonchev–Trinajstić information content (AvgIpc) is 3.61. The van der Waals surface area contributed by atoms with E-state index in [9.17, 15) is 0 Å². The van der Waals surface area contributed by atoms with Gasteiger partial charge in [-0.25, -0.2) is 0 Å². The van der Waals surface area contributed by atoms with Crippen LogP contribution in [0.3, 0.4) is 0 Å². The summed E-state index contributed by atoms with van der Waals surface area (Å²) in [6, 6.07) is 82.8. The van der Waals surface area contributed by atoms with E-state index in [1.165, 1.54) is 21.9 Å². The van der Waals surface area contributed by atoms with Crippen molar-refractivity contribution in [2.24, 2.45) is 0 Å². The summed E-state index contributed by atoms with van der Waals surface area (Å²) in [6.45, 7) is 4.31. The van der Waals surface area contributed by atoms with Gasteiger partial charge in [-0.1, -0.05) is 109 Å². The first-order valence-electron chi connectivity index (χ1n) is 20.5. The first-order chi connectivity index (χ1) is 29.6. The molecule has 0 bridgehead atoms. The minimum absolute atomic E-state index is 1.08. The molecule has 0 atom stereocenters. The molecule has 4 nitrogen and oxygen atoms in total. The van der Waals surface area contributed by atoms with E-state index in [-0.39, 0.29) is 0 Å². The quantitative estimate of drug-likeness (QED) is 0.138. The minimum atomic E-state index is 1.08. The van der Waals surface area contributed by atoms with Gasteiger partial charge in [0, 0.05) is 67.6 Å². The van der Waals surface area contributed by atoms with Crippen LogP contribution < -0.4 is 14.7 Å². The molecule has 0 N–H and O–H groups in total. The van der Waals surface area contributed by atoms with Crippen LogP contribution >= 0.6 is 0 Å². The number of aromatic nitrogens is 1. The van der Waals surface area contributed by atoms with Crippen LogP contribution in [-0.2, 0) is 0 Å². The molecule has 0 fully saturated rings. The van der Waals surface area contributed by atoms with Crippen molar-refractivity contribution < 1.29 is 0 Å². The Bertz CT molecular complexity index is 2860. The monoisotopic (exact) mass is 772 g/mol. The van der Waals surface area contributed by atoms with Gasteiger partial charge in [0.2, 0.25) is 0 Å². The molecule has 288 valence electrons. The standard InChI is InChI=1S/C56H44N4/c1-41-17-15-27-49(37-41)58(45-23-11-5-12-24-45)51-33-35-53-54-36-34-52(59(46-25-13-6-14-26-46)50-28-16-18-42(2)38-50)40-56(54)60(55(53)39-51)48-31-29-47(30-32-48)57(43-19-7-3-8-20-43)44-21-9-4-10-22-44/h3-40H,1-2H3. The van der Waals surface area contributed by atoms with Crippen LogP contribution in [-0.4, -0.2) is 4.57 Å². The Morgan fingerprint density at radius 3 is 0.933 bits per heavy atom. The van der Waals surface area contributed by atoms with Gasteiger partial charge in [0.15, 0.2) is 0 Å². The highest BCUT2D eigenvalue weighted by atomic mass is 15.2. The Balaban J connectivity index is 1.20. The maximum Gasteiger partial charge on any atom is 0.0561 e. The third kappa shape index (κ3) is 6.95. The van der Waals surface area contributed by atoms with E-state index >= 15 is 0 Å². The SMILES string of the molecule is Cc1cccc(N(c2ccccc2)c2ccc3c4ccc(N(c5ccccc5)c5cccc(C)c5)cc4n(-c4ccc(N(c5ccccc5)c5ccccc5)cc4)c3c2)c1. The molecule has 0 radical (unpaired) electrons. The number of hydrogen-bond acceptors (Lipinski definition) is 3. The van der Waals surface area contributed by atoms with Crippen LogP contribution in [0.4, 0.5) is 51.2 Å². The van der Waals surface area contributed by atoms with Crippen molar-refractivity contribution in [3.8, 4) is 5.69 Å². The number of fused-ring (bicyclic) bond motifs is 3. The molecular formula is C56H44N4. The number of nitrogens with zero attached hydrogens (tertiary/aromatic N) is 4. The average molecular weight is 773 g/mol. The maximum absolute atomic E-state index is 2.44. The molecule has 1 aromatic heterocycles. The molecule has 60 heavy (non-hydrogen) atoms. The molecule has 1 heterocycles. The van der Waals surface area contributed by atoms with Crippen molar-refractivity contribution >= 4 is 73.0 Å². The van der Waals surface area contributed by atoms with E-state index in [0.717, 1.165) is 67.9 Å². The Morgan fingerprint density at radius 2 is 0.567 bits per heavy atom. The largest absolute Gasteiger partial charge is 0.311 e. The van der Waals surface area contributed by atoms with Crippen molar-refractivity contribution in [2.45, 2.75) is 13.8 Å². The van der Waals surface area contributed by atoms with E-state index in [0.29, 0.717) is 0 Å². The Hall–Kier alpha value is -7.82. The topological polar surface area (TPSA) is 14.7 Å². The number of rotatable bonds is 10. The molecule has 10 rings (SSSR count). The van der Waals surface area contributed by atoms with Gasteiger partial charge >= 0.3 is 0 Å². The third-order valence-corrected chi connectivity index (χ3v) is 11.2. The van der Waals surface area contributed by atoms with E-state index in [1.54, 1.807) is 0 Å². The molecule has 0 aliphatic carbocycles. The van der Waals surface area contributed by atoms with Gasteiger partial charge in [0.05, 0.1) is 11.0 Å². The van der Waals surface area contributed by atoms with Gasteiger partial charge in [-0.2, -0.15) is 0 Å². The van der Waals surface area contributed by atoms with Crippen molar-refractivity contribution in [3.63, 3.8) is 0 Å². The summed E-state index contributed by atoms with van der Waals surface area (Å²) in [7, 11) is 0. The summed E-state index contributed by atoms with van der Waals surface area (Å²) in [6.07, 6.45) is 0. The Morgan fingerprint density at radius 1 is 0.267 bits per heavy atom. The third-order valence-electron chi connectivity index (χ3n) is 11.2. The molecule has 0 unspecified atom stereocenters. The number of aryl methyl sites for hydroxylation is 2. The van der Waals surface area contributed by atoms with Crippen LogP contribution in [0.2, 0.25) is 0 Å². The second-order valence-electron chi connectivity index (χ2n) is 15.3. The van der Waals surface area contributed by atoms with Gasteiger partial charge in [-0.3, -0.25) is 0 Å². The lowest BCUT2D eigenvalue weighted by Gasteiger charge is -2.26. The fourth-order valence-electron chi connectivity index (χ4n) is 8.49. The molecule has 4 heteroatoms. The highest BCUT2D eigenvalue weighted by Crippen LogP contribution is 2.43. The van der Waals surface area contributed by atoms with Gasteiger partial charge in [-0.15, -0.1) is 0 Å². The smallest absolute Gasteiger partial charge is 0.0561 e. The maximum atomic E-state index is 2.44. The highest BCUT2D eigenvalue weighted by molar-refractivity contribution is 6.11. The lowest BCUT2D eigenvalue weighted by molar-refractivity contribution is 1.17. The molecule has 0 aliphatic rings. The number of para-hydroxylation sites is 4. The van der Waals surface area contributed by atoms with Gasteiger partial charge in [-0.05, 0) is 146 Å². The number of anilines is 9. The second kappa shape index (κ2) is 15.8. The normalized spacial score (nSPS) is 11.2. The fraction of sp³-hybridized carbons (Fsp3) is 0.0357. The van der Waals surface area contributed by atoms with Gasteiger partial charge in [0.25, 0.3) is 0 Å². The van der Waals surface area contributed by atoms with Crippen LogP contribution in [0.15, 0.2) is 231 Å². The number of benzene rings is 9. The highest BCUT2D eigenvalue weighted by Gasteiger charge is 2.21. The summed E-state index contributed by atoms with van der Waals surface area (Å²) in [5.41, 5.74) is 15.7. The second-order valence-corrected chi connectivity index (χ2v) is 15.3. The predicted octanol–water partition coefficient (Wildman–Crippen LogP) is 15.8. The summed E-state index contributed by atoms with van der Waals surface area (Å²) >= 11 is 0. The zero-order valence-electron chi connectivity index (χ0n) is 33.7. The zero-order valence-corrected chi connectivity index (χ0v) is 33.7. The van der Waals surface area contributed by atoms with Crippen LogP contribution in [0.1, 0.15) is 11.1 Å². The predicted molar refractivity (Wildman–Crippen MR) is 254 cm³/mol. The Kier molecular flexibility index (Phi) is 9.64. The van der Waals surface area contributed by atoms with Gasteiger partial charge < -0.3 is 19.3 Å². The first-order valence-corrected chi connectivity index (χ1v) is 20.5. The zero-order chi connectivity index (χ0) is 40.4. The van der Waals surface area contributed by atoms with Crippen molar-refractivity contribution in [1.29, 1.82) is 0 Å². The summed E-state index contributed by atoms with van der Waals surface area (Å²) in [5, 5.41) is 2.39. The van der Waals surface area contributed by atoms with Crippen LogP contribution in [0.25, 0.3) is 27.5 Å². The summed E-state index contributed by atoms with van der Waals surface area (Å²) in [4.78, 5) is 7.02. The molecule has 0 saturated carbocycles. The van der Waals surface area contributed by atoms with E-state index in [1.807, 2.05) is 0 Å². The van der Waals surface area contributed by atoms with E-state index < -0.39 is 0 Å². The first kappa shape index (κ1) is 36.5.